The minimum Gasteiger partial charge on any atom is -0.398 e. The number of hydrogen-bond acceptors (Lipinski definition) is 5. The summed E-state index contributed by atoms with van der Waals surface area (Å²) < 4.78 is 23.8. The second-order valence-corrected chi connectivity index (χ2v) is 6.32. The minimum atomic E-state index is -3.43. The first-order chi connectivity index (χ1) is 7.80. The van der Waals surface area contributed by atoms with E-state index in [-0.39, 0.29) is 16.1 Å². The topological polar surface area (TPSA) is 115 Å². The fraction of sp³-hybridized carbons (Fsp3) is 0.300. The third-order valence-electron chi connectivity index (χ3n) is 2.35. The lowest BCUT2D eigenvalue weighted by atomic mass is 10.2. The summed E-state index contributed by atoms with van der Waals surface area (Å²) in [5.41, 5.74) is 7.72. The van der Waals surface area contributed by atoms with Crippen molar-refractivity contribution < 1.29 is 13.2 Å². The number of nitrogens with one attached hydrogen (secondary N) is 1. The van der Waals surface area contributed by atoms with Crippen molar-refractivity contribution in [3.8, 4) is 0 Å². The number of carbonyl (C=O) groups is 1. The molecule has 1 aromatic rings. The van der Waals surface area contributed by atoms with Crippen LogP contribution in [-0.2, 0) is 9.84 Å². The Kier molecular flexibility index (Phi) is 3.74. The third-order valence-corrected chi connectivity index (χ3v) is 4.50. The van der Waals surface area contributed by atoms with Crippen molar-refractivity contribution in [2.24, 2.45) is 5.84 Å². The quantitative estimate of drug-likeness (QED) is 0.306. The van der Waals surface area contributed by atoms with Crippen LogP contribution in [0, 0.1) is 0 Å². The Hall–Kier alpha value is -1.60. The van der Waals surface area contributed by atoms with Crippen molar-refractivity contribution in [1.29, 1.82) is 0 Å². The molecule has 1 amide bonds. The first-order valence-corrected chi connectivity index (χ1v) is 6.49. The normalized spacial score (nSPS) is 11.5. The lowest BCUT2D eigenvalue weighted by Gasteiger charge is -2.10. The predicted octanol–water partition coefficient (Wildman–Crippen LogP) is 0.0544. The summed E-state index contributed by atoms with van der Waals surface area (Å²) >= 11 is 0. The van der Waals surface area contributed by atoms with Crippen LogP contribution in [-0.4, -0.2) is 19.6 Å². The van der Waals surface area contributed by atoms with Gasteiger partial charge >= 0.3 is 0 Å². The summed E-state index contributed by atoms with van der Waals surface area (Å²) in [6.45, 7) is 3.13. The Morgan fingerprint density at radius 2 is 1.94 bits per heavy atom. The summed E-state index contributed by atoms with van der Waals surface area (Å²) in [4.78, 5) is 11.4. The fourth-order valence-corrected chi connectivity index (χ4v) is 2.34. The van der Waals surface area contributed by atoms with Gasteiger partial charge in [0.1, 0.15) is 0 Å². The average Bonchev–Trinajstić information content (AvgIpc) is 2.28. The third kappa shape index (κ3) is 2.56. The van der Waals surface area contributed by atoms with Crippen LogP contribution in [0.15, 0.2) is 23.1 Å². The van der Waals surface area contributed by atoms with Crippen molar-refractivity contribution in [3.05, 3.63) is 23.8 Å². The molecule has 0 heterocycles. The lowest BCUT2D eigenvalue weighted by Crippen LogP contribution is -2.31. The van der Waals surface area contributed by atoms with E-state index < -0.39 is 21.0 Å². The van der Waals surface area contributed by atoms with Gasteiger partial charge in [0.2, 0.25) is 0 Å². The highest BCUT2D eigenvalue weighted by Crippen LogP contribution is 2.21. The van der Waals surface area contributed by atoms with Crippen LogP contribution < -0.4 is 17.0 Å². The maximum atomic E-state index is 11.9. The largest absolute Gasteiger partial charge is 0.398 e. The van der Waals surface area contributed by atoms with Crippen LogP contribution in [0.1, 0.15) is 24.2 Å². The highest BCUT2D eigenvalue weighted by atomic mass is 32.2. The van der Waals surface area contributed by atoms with Gasteiger partial charge in [-0.15, -0.1) is 0 Å². The molecule has 0 radical (unpaired) electrons. The standard InChI is InChI=1S/C10H15N3O3S/c1-6(2)17(15,16)7-3-4-9(11)8(5-7)10(14)13-12/h3-6H,11-12H2,1-2H3,(H,13,14). The zero-order chi connectivity index (χ0) is 13.2. The van der Waals surface area contributed by atoms with Crippen molar-refractivity contribution in [2.75, 3.05) is 5.73 Å². The van der Waals surface area contributed by atoms with Gasteiger partial charge in [0, 0.05) is 5.69 Å². The van der Waals surface area contributed by atoms with E-state index in [0.717, 1.165) is 0 Å². The summed E-state index contributed by atoms with van der Waals surface area (Å²) in [5, 5.41) is -0.570. The Balaban J connectivity index is 3.37. The maximum absolute atomic E-state index is 11.9. The molecule has 0 aromatic heterocycles. The van der Waals surface area contributed by atoms with E-state index in [1.807, 2.05) is 5.43 Å². The molecule has 94 valence electrons. The number of nitrogen functional groups attached to an aromatic ring is 2. The Labute approximate surface area is 99.9 Å². The highest BCUT2D eigenvalue weighted by Gasteiger charge is 2.21. The lowest BCUT2D eigenvalue weighted by molar-refractivity contribution is 0.0954. The summed E-state index contributed by atoms with van der Waals surface area (Å²) in [5.74, 6) is 4.37. The molecule has 0 saturated carbocycles. The minimum absolute atomic E-state index is 0.0502. The maximum Gasteiger partial charge on any atom is 0.267 e. The number of nitrogens with two attached hydrogens (primary N) is 2. The van der Waals surface area contributed by atoms with E-state index in [4.69, 9.17) is 11.6 Å². The smallest absolute Gasteiger partial charge is 0.267 e. The van der Waals surface area contributed by atoms with Crippen molar-refractivity contribution in [1.82, 2.24) is 5.43 Å². The molecule has 5 N–H and O–H groups in total. The number of rotatable bonds is 3. The van der Waals surface area contributed by atoms with E-state index in [0.29, 0.717) is 0 Å². The SMILES string of the molecule is CC(C)S(=O)(=O)c1ccc(N)c(C(=O)NN)c1. The molecule has 17 heavy (non-hydrogen) atoms. The Morgan fingerprint density at radius 1 is 1.35 bits per heavy atom. The van der Waals surface area contributed by atoms with Crippen molar-refractivity contribution >= 4 is 21.4 Å². The van der Waals surface area contributed by atoms with Crippen LogP contribution in [0.3, 0.4) is 0 Å². The van der Waals surface area contributed by atoms with Gasteiger partial charge in [-0.25, -0.2) is 14.3 Å². The van der Waals surface area contributed by atoms with Crippen molar-refractivity contribution in [2.45, 2.75) is 24.0 Å². The van der Waals surface area contributed by atoms with E-state index >= 15 is 0 Å². The van der Waals surface area contributed by atoms with Gasteiger partial charge in [0.05, 0.1) is 15.7 Å². The van der Waals surface area contributed by atoms with E-state index in [1.165, 1.54) is 18.2 Å². The predicted molar refractivity (Wildman–Crippen MR) is 64.8 cm³/mol. The molecule has 0 aliphatic heterocycles. The summed E-state index contributed by atoms with van der Waals surface area (Å²) in [6, 6.07) is 3.98. The second-order valence-electron chi connectivity index (χ2n) is 3.82. The average molecular weight is 257 g/mol. The van der Waals surface area contributed by atoms with Crippen molar-refractivity contribution in [3.63, 3.8) is 0 Å². The zero-order valence-electron chi connectivity index (χ0n) is 9.60. The van der Waals surface area contributed by atoms with Crippen LogP contribution in [0.2, 0.25) is 0 Å². The van der Waals surface area contributed by atoms with E-state index in [9.17, 15) is 13.2 Å². The zero-order valence-corrected chi connectivity index (χ0v) is 10.4. The number of anilines is 1. The summed E-state index contributed by atoms with van der Waals surface area (Å²) in [7, 11) is -3.43. The molecule has 0 unspecified atom stereocenters. The van der Waals surface area contributed by atoms with Gasteiger partial charge in [0.25, 0.3) is 5.91 Å². The molecule has 0 aliphatic carbocycles. The van der Waals surface area contributed by atoms with Gasteiger partial charge < -0.3 is 5.73 Å². The van der Waals surface area contributed by atoms with Gasteiger partial charge in [-0.3, -0.25) is 10.2 Å². The molecular weight excluding hydrogens is 242 g/mol. The number of benzene rings is 1. The molecule has 0 spiro atoms. The molecule has 7 heteroatoms. The first kappa shape index (κ1) is 13.5. The summed E-state index contributed by atoms with van der Waals surface area (Å²) in [6.07, 6.45) is 0. The molecular formula is C10H15N3O3S. The first-order valence-electron chi connectivity index (χ1n) is 4.95. The molecule has 1 rings (SSSR count). The Bertz CT molecular complexity index is 538. The monoisotopic (exact) mass is 257 g/mol. The van der Waals surface area contributed by atoms with Crippen LogP contribution in [0.5, 0.6) is 0 Å². The molecule has 1 aromatic carbocycles. The molecule has 0 fully saturated rings. The van der Waals surface area contributed by atoms with Gasteiger partial charge in [-0.2, -0.15) is 0 Å². The number of hydrazine groups is 1. The molecule has 6 nitrogen and oxygen atoms in total. The van der Waals surface area contributed by atoms with Gasteiger partial charge in [0.15, 0.2) is 9.84 Å². The van der Waals surface area contributed by atoms with Crippen LogP contribution in [0.4, 0.5) is 5.69 Å². The fourth-order valence-electron chi connectivity index (χ4n) is 1.26. The molecule has 0 atom stereocenters. The van der Waals surface area contributed by atoms with E-state index in [1.54, 1.807) is 13.8 Å². The Morgan fingerprint density at radius 3 is 2.41 bits per heavy atom. The van der Waals surface area contributed by atoms with Crippen LogP contribution in [0.25, 0.3) is 0 Å². The molecule has 0 aliphatic rings. The molecule has 0 bridgehead atoms. The highest BCUT2D eigenvalue weighted by molar-refractivity contribution is 7.92. The number of hydrogen-bond donors (Lipinski definition) is 3. The number of carbonyl (C=O) groups excluding carboxylic acids is 1. The molecule has 0 saturated heterocycles. The second kappa shape index (κ2) is 4.72. The van der Waals surface area contributed by atoms with Gasteiger partial charge in [-0.05, 0) is 32.0 Å². The number of amides is 1. The van der Waals surface area contributed by atoms with Gasteiger partial charge in [-0.1, -0.05) is 0 Å². The van der Waals surface area contributed by atoms with E-state index in [2.05, 4.69) is 0 Å². The van der Waals surface area contributed by atoms with Crippen LogP contribution >= 0.6 is 0 Å². The number of sulfone groups is 1.